The number of benzene rings is 1. The van der Waals surface area contributed by atoms with Gasteiger partial charge in [-0.1, -0.05) is 17.7 Å². The molecule has 2 rings (SSSR count). The summed E-state index contributed by atoms with van der Waals surface area (Å²) in [4.78, 5) is 27.3. The number of aromatic amines is 1. The van der Waals surface area contributed by atoms with Crippen molar-refractivity contribution in [2.45, 2.75) is 13.8 Å². The zero-order valence-corrected chi connectivity index (χ0v) is 11.2. The molecule has 1 aromatic carbocycles. The van der Waals surface area contributed by atoms with Gasteiger partial charge in [0.05, 0.1) is 6.54 Å². The highest BCUT2D eigenvalue weighted by Gasteiger charge is 2.09. The SMILES string of the molecule is Cc1ccc(C(=O)NCC(=O)Nc2n[nH]c(C)n2)cc1. The second-order valence-electron chi connectivity index (χ2n) is 4.34. The van der Waals surface area contributed by atoms with Gasteiger partial charge in [-0.05, 0) is 26.0 Å². The van der Waals surface area contributed by atoms with E-state index in [1.807, 2.05) is 19.1 Å². The van der Waals surface area contributed by atoms with Crippen LogP contribution in [0.2, 0.25) is 0 Å². The molecule has 1 heterocycles. The minimum atomic E-state index is -0.385. The normalized spacial score (nSPS) is 10.1. The second kappa shape index (κ2) is 5.96. The summed E-state index contributed by atoms with van der Waals surface area (Å²) in [6.45, 7) is 3.52. The zero-order chi connectivity index (χ0) is 14.5. The van der Waals surface area contributed by atoms with Crippen molar-refractivity contribution < 1.29 is 9.59 Å². The summed E-state index contributed by atoms with van der Waals surface area (Å²) in [5.74, 6) is 0.108. The molecular formula is C13H15N5O2. The van der Waals surface area contributed by atoms with E-state index in [2.05, 4.69) is 25.8 Å². The standard InChI is InChI=1S/C13H15N5O2/c1-8-3-5-10(6-4-8)12(20)14-7-11(19)16-13-15-9(2)17-18-13/h3-6H,7H2,1-2H3,(H,14,20)(H2,15,16,17,18,19). The molecule has 7 nitrogen and oxygen atoms in total. The Morgan fingerprint density at radius 2 is 1.90 bits per heavy atom. The molecule has 1 aromatic heterocycles. The van der Waals surface area contributed by atoms with Crippen LogP contribution < -0.4 is 10.6 Å². The lowest BCUT2D eigenvalue weighted by molar-refractivity contribution is -0.115. The molecule has 0 saturated heterocycles. The molecule has 3 N–H and O–H groups in total. The lowest BCUT2D eigenvalue weighted by Crippen LogP contribution is -2.33. The van der Waals surface area contributed by atoms with Gasteiger partial charge in [0, 0.05) is 5.56 Å². The first-order valence-electron chi connectivity index (χ1n) is 6.08. The van der Waals surface area contributed by atoms with Crippen molar-refractivity contribution in [2.24, 2.45) is 0 Å². The van der Waals surface area contributed by atoms with Crippen LogP contribution in [-0.2, 0) is 4.79 Å². The number of aryl methyl sites for hydroxylation is 2. The number of carbonyl (C=O) groups excluding carboxylic acids is 2. The van der Waals surface area contributed by atoms with Crippen molar-refractivity contribution in [3.8, 4) is 0 Å². The van der Waals surface area contributed by atoms with Crippen molar-refractivity contribution in [2.75, 3.05) is 11.9 Å². The number of amides is 2. The number of nitrogens with zero attached hydrogens (tertiary/aromatic N) is 2. The van der Waals surface area contributed by atoms with Gasteiger partial charge in [0.2, 0.25) is 11.9 Å². The first kappa shape index (κ1) is 13.7. The third kappa shape index (κ3) is 3.64. The van der Waals surface area contributed by atoms with E-state index in [1.54, 1.807) is 19.1 Å². The number of hydrogen-bond acceptors (Lipinski definition) is 4. The van der Waals surface area contributed by atoms with Crippen LogP contribution in [0.15, 0.2) is 24.3 Å². The number of H-pyrrole nitrogens is 1. The Labute approximate surface area is 115 Å². The average Bonchev–Trinajstić information content (AvgIpc) is 2.82. The highest BCUT2D eigenvalue weighted by molar-refractivity contribution is 5.98. The maximum Gasteiger partial charge on any atom is 0.251 e. The van der Waals surface area contributed by atoms with Gasteiger partial charge in [0.25, 0.3) is 5.91 Å². The monoisotopic (exact) mass is 273 g/mol. The molecule has 0 aliphatic carbocycles. The molecule has 0 aliphatic heterocycles. The van der Waals surface area contributed by atoms with Crippen LogP contribution in [0.25, 0.3) is 0 Å². The number of aromatic nitrogens is 3. The Morgan fingerprint density at radius 1 is 1.20 bits per heavy atom. The smallest absolute Gasteiger partial charge is 0.251 e. The molecule has 0 fully saturated rings. The van der Waals surface area contributed by atoms with Crippen molar-refractivity contribution in [1.82, 2.24) is 20.5 Å². The van der Waals surface area contributed by atoms with Crippen LogP contribution in [0.1, 0.15) is 21.7 Å². The fraction of sp³-hybridized carbons (Fsp3) is 0.231. The van der Waals surface area contributed by atoms with Gasteiger partial charge in [0.1, 0.15) is 5.82 Å². The van der Waals surface area contributed by atoms with Crippen LogP contribution in [-0.4, -0.2) is 33.5 Å². The molecule has 0 saturated carbocycles. The maximum absolute atomic E-state index is 11.8. The molecule has 2 amide bonds. The molecule has 104 valence electrons. The van der Waals surface area contributed by atoms with Gasteiger partial charge in [0.15, 0.2) is 0 Å². The second-order valence-corrected chi connectivity index (χ2v) is 4.34. The molecule has 0 bridgehead atoms. The maximum atomic E-state index is 11.8. The number of rotatable bonds is 4. The summed E-state index contributed by atoms with van der Waals surface area (Å²) in [6, 6.07) is 7.10. The van der Waals surface area contributed by atoms with Crippen molar-refractivity contribution in [3.63, 3.8) is 0 Å². The number of nitrogens with one attached hydrogen (secondary N) is 3. The molecule has 0 radical (unpaired) electrons. The van der Waals surface area contributed by atoms with Crippen LogP contribution >= 0.6 is 0 Å². The summed E-state index contributed by atoms with van der Waals surface area (Å²) in [5.41, 5.74) is 1.58. The highest BCUT2D eigenvalue weighted by atomic mass is 16.2. The summed E-state index contributed by atoms with van der Waals surface area (Å²) >= 11 is 0. The lowest BCUT2D eigenvalue weighted by atomic mass is 10.1. The van der Waals surface area contributed by atoms with Crippen LogP contribution in [0.4, 0.5) is 5.95 Å². The van der Waals surface area contributed by atoms with E-state index in [1.165, 1.54) is 0 Å². The Morgan fingerprint density at radius 3 is 2.50 bits per heavy atom. The van der Waals surface area contributed by atoms with Crippen LogP contribution in [0, 0.1) is 13.8 Å². The van der Waals surface area contributed by atoms with E-state index in [9.17, 15) is 9.59 Å². The molecular weight excluding hydrogens is 258 g/mol. The Kier molecular flexibility index (Phi) is 4.09. The Bertz CT molecular complexity index is 618. The van der Waals surface area contributed by atoms with E-state index in [0.29, 0.717) is 11.4 Å². The highest BCUT2D eigenvalue weighted by Crippen LogP contribution is 2.02. The summed E-state index contributed by atoms with van der Waals surface area (Å²) in [5, 5.41) is 11.4. The molecule has 0 aliphatic rings. The van der Waals surface area contributed by atoms with Crippen molar-refractivity contribution in [1.29, 1.82) is 0 Å². The molecule has 0 atom stereocenters. The Balaban J connectivity index is 1.84. The third-order valence-electron chi connectivity index (χ3n) is 2.57. The quantitative estimate of drug-likeness (QED) is 0.766. The van der Waals surface area contributed by atoms with E-state index in [4.69, 9.17) is 0 Å². The fourth-order valence-electron chi connectivity index (χ4n) is 1.54. The molecule has 20 heavy (non-hydrogen) atoms. The van der Waals surface area contributed by atoms with Gasteiger partial charge in [-0.25, -0.2) is 0 Å². The van der Waals surface area contributed by atoms with E-state index >= 15 is 0 Å². The number of carbonyl (C=O) groups is 2. The number of anilines is 1. The molecule has 0 unspecified atom stereocenters. The van der Waals surface area contributed by atoms with Gasteiger partial charge in [-0.3, -0.25) is 20.0 Å². The van der Waals surface area contributed by atoms with Gasteiger partial charge >= 0.3 is 0 Å². The number of hydrogen-bond donors (Lipinski definition) is 3. The molecule has 0 spiro atoms. The van der Waals surface area contributed by atoms with Crippen LogP contribution in [0.3, 0.4) is 0 Å². The Hall–Kier alpha value is -2.70. The van der Waals surface area contributed by atoms with Gasteiger partial charge < -0.3 is 5.32 Å². The first-order valence-corrected chi connectivity index (χ1v) is 6.08. The third-order valence-corrected chi connectivity index (χ3v) is 2.57. The van der Waals surface area contributed by atoms with Crippen molar-refractivity contribution in [3.05, 3.63) is 41.2 Å². The van der Waals surface area contributed by atoms with E-state index < -0.39 is 0 Å². The predicted molar refractivity (Wildman–Crippen MR) is 73.3 cm³/mol. The molecule has 2 aromatic rings. The largest absolute Gasteiger partial charge is 0.343 e. The minimum Gasteiger partial charge on any atom is -0.343 e. The van der Waals surface area contributed by atoms with E-state index in [-0.39, 0.29) is 24.3 Å². The van der Waals surface area contributed by atoms with E-state index in [0.717, 1.165) is 5.56 Å². The van der Waals surface area contributed by atoms with Gasteiger partial charge in [-0.15, -0.1) is 5.10 Å². The average molecular weight is 273 g/mol. The van der Waals surface area contributed by atoms with Crippen LogP contribution in [0.5, 0.6) is 0 Å². The molecule has 7 heteroatoms. The summed E-state index contributed by atoms with van der Waals surface area (Å²) < 4.78 is 0. The zero-order valence-electron chi connectivity index (χ0n) is 11.2. The lowest BCUT2D eigenvalue weighted by Gasteiger charge is -2.05. The van der Waals surface area contributed by atoms with Gasteiger partial charge in [-0.2, -0.15) is 4.98 Å². The summed E-state index contributed by atoms with van der Waals surface area (Å²) in [6.07, 6.45) is 0. The first-order chi connectivity index (χ1) is 9.54. The fourth-order valence-corrected chi connectivity index (χ4v) is 1.54. The predicted octanol–water partition coefficient (Wildman–Crippen LogP) is 0.790. The minimum absolute atomic E-state index is 0.139. The summed E-state index contributed by atoms with van der Waals surface area (Å²) in [7, 11) is 0. The topological polar surface area (TPSA) is 99.8 Å². The van der Waals surface area contributed by atoms with Crippen molar-refractivity contribution >= 4 is 17.8 Å².